The van der Waals surface area contributed by atoms with Crippen molar-refractivity contribution in [2.45, 2.75) is 13.5 Å². The normalized spacial score (nSPS) is 14.2. The second-order valence-corrected chi connectivity index (χ2v) is 8.76. The molecule has 1 aromatic heterocycles. The van der Waals surface area contributed by atoms with Gasteiger partial charge in [-0.1, -0.05) is 0 Å². The number of amides is 1. The number of methoxy groups -OCH3 is 1. The Morgan fingerprint density at radius 2 is 1.64 bits per heavy atom. The van der Waals surface area contributed by atoms with Crippen LogP contribution in [0, 0.1) is 0 Å². The molecule has 8 heteroatoms. The van der Waals surface area contributed by atoms with Crippen LogP contribution < -0.4 is 9.47 Å². The quantitative estimate of drug-likeness (QED) is 0.472. The second-order valence-electron chi connectivity index (χ2n) is 7.90. The van der Waals surface area contributed by atoms with Crippen LogP contribution in [-0.2, 0) is 11.3 Å². The van der Waals surface area contributed by atoms with Gasteiger partial charge < -0.3 is 14.4 Å². The average Bonchev–Trinajstić information content (AvgIpc) is 3.31. The minimum absolute atomic E-state index is 0.00325. The van der Waals surface area contributed by atoms with Crippen LogP contribution in [0.2, 0.25) is 0 Å². The molecule has 3 aromatic rings. The zero-order valence-corrected chi connectivity index (χ0v) is 19.6. The number of rotatable bonds is 8. The highest BCUT2D eigenvalue weighted by atomic mass is 32.1. The van der Waals surface area contributed by atoms with Crippen LogP contribution in [0.3, 0.4) is 0 Å². The van der Waals surface area contributed by atoms with Crippen LogP contribution in [0.5, 0.6) is 11.5 Å². The molecule has 1 aliphatic heterocycles. The molecule has 172 valence electrons. The van der Waals surface area contributed by atoms with Crippen LogP contribution in [0.25, 0.3) is 10.6 Å². The Kier molecular flexibility index (Phi) is 7.36. The summed E-state index contributed by atoms with van der Waals surface area (Å²) in [6.07, 6.45) is 0. The number of ether oxygens (including phenoxy) is 2. The van der Waals surface area contributed by atoms with E-state index in [0.29, 0.717) is 24.4 Å². The lowest BCUT2D eigenvalue weighted by atomic mass is 10.1. The van der Waals surface area contributed by atoms with E-state index in [4.69, 9.17) is 14.5 Å². The number of benzene rings is 2. The van der Waals surface area contributed by atoms with Gasteiger partial charge in [-0.15, -0.1) is 11.3 Å². The molecule has 1 aliphatic rings. The summed E-state index contributed by atoms with van der Waals surface area (Å²) in [6, 6.07) is 14.8. The van der Waals surface area contributed by atoms with Crippen molar-refractivity contribution in [3.05, 3.63) is 65.2 Å². The van der Waals surface area contributed by atoms with E-state index >= 15 is 0 Å². The summed E-state index contributed by atoms with van der Waals surface area (Å²) in [6.45, 7) is 5.22. The lowest BCUT2D eigenvalue weighted by Crippen LogP contribution is -2.49. The molecular formula is C25H27N3O4S. The number of aromatic nitrogens is 1. The maximum Gasteiger partial charge on any atom is 0.260 e. The maximum absolute atomic E-state index is 12.5. The molecule has 1 amide bonds. The number of ketones is 1. The highest BCUT2D eigenvalue weighted by molar-refractivity contribution is 7.13. The first-order valence-electron chi connectivity index (χ1n) is 10.8. The number of hydrogen-bond acceptors (Lipinski definition) is 7. The Morgan fingerprint density at radius 3 is 2.27 bits per heavy atom. The SMILES string of the molecule is COc1ccc(-c2nc(CN3CCN(C(=O)COc4ccc(C(C)=O)cc4)CC3)cs2)cc1. The highest BCUT2D eigenvalue weighted by Gasteiger charge is 2.22. The molecule has 4 rings (SSSR count). The largest absolute Gasteiger partial charge is 0.497 e. The Balaban J connectivity index is 1.23. The number of thiazole rings is 1. The smallest absolute Gasteiger partial charge is 0.260 e. The lowest BCUT2D eigenvalue weighted by Gasteiger charge is -2.34. The zero-order valence-electron chi connectivity index (χ0n) is 18.8. The minimum atomic E-state index is -0.0271. The van der Waals surface area contributed by atoms with Gasteiger partial charge in [0.15, 0.2) is 12.4 Å². The van der Waals surface area contributed by atoms with E-state index in [1.807, 2.05) is 29.2 Å². The molecule has 0 radical (unpaired) electrons. The molecule has 7 nitrogen and oxygen atoms in total. The van der Waals surface area contributed by atoms with Crippen molar-refractivity contribution >= 4 is 23.0 Å². The van der Waals surface area contributed by atoms with Crippen molar-refractivity contribution in [2.75, 3.05) is 39.9 Å². The minimum Gasteiger partial charge on any atom is -0.497 e. The van der Waals surface area contributed by atoms with Crippen molar-refractivity contribution in [2.24, 2.45) is 0 Å². The summed E-state index contributed by atoms with van der Waals surface area (Å²) in [5.41, 5.74) is 2.75. The molecule has 0 unspecified atom stereocenters. The van der Waals surface area contributed by atoms with Gasteiger partial charge in [-0.2, -0.15) is 0 Å². The number of Topliss-reactive ketones (excluding diaryl/α,β-unsaturated/α-hetero) is 1. The van der Waals surface area contributed by atoms with Gasteiger partial charge in [0.05, 0.1) is 12.8 Å². The van der Waals surface area contributed by atoms with Crippen LogP contribution in [0.15, 0.2) is 53.9 Å². The van der Waals surface area contributed by atoms with Gasteiger partial charge in [0.2, 0.25) is 0 Å². The third-order valence-corrected chi connectivity index (χ3v) is 6.56. The van der Waals surface area contributed by atoms with Crippen molar-refractivity contribution < 1.29 is 19.1 Å². The summed E-state index contributed by atoms with van der Waals surface area (Å²) in [5, 5.41) is 3.09. The van der Waals surface area contributed by atoms with E-state index in [2.05, 4.69) is 10.3 Å². The van der Waals surface area contributed by atoms with E-state index < -0.39 is 0 Å². The van der Waals surface area contributed by atoms with Gasteiger partial charge in [-0.05, 0) is 55.5 Å². The average molecular weight is 466 g/mol. The molecule has 0 aliphatic carbocycles. The van der Waals surface area contributed by atoms with E-state index in [0.717, 1.165) is 41.6 Å². The van der Waals surface area contributed by atoms with Gasteiger partial charge in [0.1, 0.15) is 16.5 Å². The molecule has 2 heterocycles. The summed E-state index contributed by atoms with van der Waals surface area (Å²) in [7, 11) is 1.66. The van der Waals surface area contributed by atoms with Crippen molar-refractivity contribution in [1.82, 2.24) is 14.8 Å². The number of carbonyl (C=O) groups is 2. The topological polar surface area (TPSA) is 72.0 Å². The maximum atomic E-state index is 12.5. The standard InChI is InChI=1S/C25H27N3O4S/c1-18(29)19-3-9-23(10-4-19)32-16-24(30)28-13-11-27(12-14-28)15-21-17-33-25(26-21)20-5-7-22(31-2)8-6-20/h3-10,17H,11-16H2,1-2H3. The third-order valence-electron chi connectivity index (χ3n) is 5.62. The predicted molar refractivity (Wildman–Crippen MR) is 128 cm³/mol. The first-order chi connectivity index (χ1) is 16.0. The first-order valence-corrected chi connectivity index (χ1v) is 11.7. The molecule has 0 spiro atoms. The number of piperazine rings is 1. The van der Waals surface area contributed by atoms with E-state index in [9.17, 15) is 9.59 Å². The fourth-order valence-corrected chi connectivity index (χ4v) is 4.47. The van der Waals surface area contributed by atoms with Gasteiger partial charge in [-0.25, -0.2) is 4.98 Å². The number of hydrogen-bond donors (Lipinski definition) is 0. The van der Waals surface area contributed by atoms with E-state index in [1.165, 1.54) is 6.92 Å². The molecular weight excluding hydrogens is 438 g/mol. The van der Waals surface area contributed by atoms with E-state index in [-0.39, 0.29) is 18.3 Å². The van der Waals surface area contributed by atoms with E-state index in [1.54, 1.807) is 42.7 Å². The highest BCUT2D eigenvalue weighted by Crippen LogP contribution is 2.26. The van der Waals surface area contributed by atoms with Crippen LogP contribution >= 0.6 is 11.3 Å². The summed E-state index contributed by atoms with van der Waals surface area (Å²) in [4.78, 5) is 32.8. The predicted octanol–water partition coefficient (Wildman–Crippen LogP) is 3.74. The molecule has 33 heavy (non-hydrogen) atoms. The molecule has 0 atom stereocenters. The van der Waals surface area contributed by atoms with Crippen molar-refractivity contribution in [3.8, 4) is 22.1 Å². The third kappa shape index (κ3) is 5.97. The second kappa shape index (κ2) is 10.6. The molecule has 1 saturated heterocycles. The van der Waals surface area contributed by atoms with Crippen LogP contribution in [0.4, 0.5) is 0 Å². The zero-order chi connectivity index (χ0) is 23.2. The van der Waals surface area contributed by atoms with Gasteiger partial charge >= 0.3 is 0 Å². The molecule has 2 aromatic carbocycles. The van der Waals surface area contributed by atoms with Gasteiger partial charge in [-0.3, -0.25) is 14.5 Å². The first kappa shape index (κ1) is 22.9. The Bertz CT molecular complexity index is 1090. The van der Waals surface area contributed by atoms with Crippen LogP contribution in [-0.4, -0.2) is 66.4 Å². The van der Waals surface area contributed by atoms with Gasteiger partial charge in [0.25, 0.3) is 5.91 Å². The van der Waals surface area contributed by atoms with Gasteiger partial charge in [0, 0.05) is 49.2 Å². The molecule has 1 fully saturated rings. The van der Waals surface area contributed by atoms with Crippen molar-refractivity contribution in [1.29, 1.82) is 0 Å². The molecule has 0 saturated carbocycles. The molecule has 0 bridgehead atoms. The Labute approximate surface area is 197 Å². The number of nitrogens with zero attached hydrogens (tertiary/aromatic N) is 3. The van der Waals surface area contributed by atoms with Crippen molar-refractivity contribution in [3.63, 3.8) is 0 Å². The Hall–Kier alpha value is -3.23. The lowest BCUT2D eigenvalue weighted by molar-refractivity contribution is -0.135. The summed E-state index contributed by atoms with van der Waals surface area (Å²) in [5.74, 6) is 1.40. The Morgan fingerprint density at radius 1 is 0.970 bits per heavy atom. The van der Waals surface area contributed by atoms with Crippen LogP contribution in [0.1, 0.15) is 23.0 Å². The monoisotopic (exact) mass is 465 g/mol. The summed E-state index contributed by atoms with van der Waals surface area (Å²) >= 11 is 1.64. The fraction of sp³-hybridized carbons (Fsp3) is 0.320. The number of carbonyl (C=O) groups excluding carboxylic acids is 2. The molecule has 0 N–H and O–H groups in total. The fourth-order valence-electron chi connectivity index (χ4n) is 3.65. The summed E-state index contributed by atoms with van der Waals surface area (Å²) < 4.78 is 10.8.